The van der Waals surface area contributed by atoms with Gasteiger partial charge in [0, 0.05) is 16.4 Å². The third kappa shape index (κ3) is 3.09. The van der Waals surface area contributed by atoms with E-state index in [1.807, 2.05) is 37.5 Å². The Kier molecular flexibility index (Phi) is 4.69. The normalized spacial score (nSPS) is 17.9. The summed E-state index contributed by atoms with van der Waals surface area (Å²) < 4.78 is 1.99. The smallest absolute Gasteiger partial charge is 0.283 e. The highest BCUT2D eigenvalue weighted by atomic mass is 35.5. The van der Waals surface area contributed by atoms with Gasteiger partial charge in [0.15, 0.2) is 5.84 Å². The minimum Gasteiger partial charge on any atom is -0.316 e. The molecule has 6 nitrogen and oxygen atoms in total. The molecule has 1 N–H and O–H groups in total. The number of hydrazone groups is 1. The van der Waals surface area contributed by atoms with Crippen molar-refractivity contribution >= 4 is 63.0 Å². The number of hydrogen-bond donors (Lipinski definition) is 1. The molecule has 2 aromatic rings. The van der Waals surface area contributed by atoms with E-state index in [-0.39, 0.29) is 11.4 Å². The van der Waals surface area contributed by atoms with Crippen molar-refractivity contribution in [1.82, 2.24) is 9.58 Å². The van der Waals surface area contributed by atoms with Crippen molar-refractivity contribution in [2.75, 3.05) is 0 Å². The summed E-state index contributed by atoms with van der Waals surface area (Å²) >= 11 is 13.7. The Morgan fingerprint density at radius 3 is 2.64 bits per heavy atom. The maximum atomic E-state index is 12.5. The van der Waals surface area contributed by atoms with Gasteiger partial charge >= 0.3 is 0 Å². The van der Waals surface area contributed by atoms with Gasteiger partial charge in [-0.15, -0.1) is 0 Å². The van der Waals surface area contributed by atoms with Crippen LogP contribution in [-0.2, 0) is 4.79 Å². The van der Waals surface area contributed by atoms with Crippen molar-refractivity contribution in [1.29, 1.82) is 5.41 Å². The number of halogens is 2. The van der Waals surface area contributed by atoms with Gasteiger partial charge in [0.1, 0.15) is 0 Å². The third-order valence-corrected chi connectivity index (χ3v) is 5.84. The van der Waals surface area contributed by atoms with Gasteiger partial charge in [0.2, 0.25) is 5.17 Å². The van der Waals surface area contributed by atoms with Gasteiger partial charge < -0.3 is 4.57 Å². The molecular formula is C19H15Cl2N5OS. The van der Waals surface area contributed by atoms with Crippen LogP contribution in [-0.4, -0.2) is 31.5 Å². The minimum atomic E-state index is -0.442. The van der Waals surface area contributed by atoms with Crippen LogP contribution in [0.15, 0.2) is 39.9 Å². The molecule has 0 unspecified atom stereocenters. The van der Waals surface area contributed by atoms with Crippen molar-refractivity contribution in [3.05, 3.63) is 56.8 Å². The molecule has 0 saturated heterocycles. The Morgan fingerprint density at radius 1 is 1.18 bits per heavy atom. The lowest BCUT2D eigenvalue weighted by Crippen LogP contribution is -2.35. The molecule has 0 atom stereocenters. The van der Waals surface area contributed by atoms with Crippen LogP contribution in [0, 0.1) is 19.3 Å². The van der Waals surface area contributed by atoms with Gasteiger partial charge in [-0.25, -0.2) is 0 Å². The number of fused-ring (bicyclic) bond motifs is 1. The first kappa shape index (κ1) is 19.0. The van der Waals surface area contributed by atoms with E-state index in [1.54, 1.807) is 18.2 Å². The number of amidine groups is 2. The Balaban J connectivity index is 1.79. The summed E-state index contributed by atoms with van der Waals surface area (Å²) in [5, 5.41) is 16.3. The van der Waals surface area contributed by atoms with Crippen molar-refractivity contribution in [2.45, 2.75) is 20.8 Å². The number of rotatable bonds is 2. The number of carbonyl (C=O) groups excluding carboxylic acids is 1. The van der Waals surface area contributed by atoms with Crippen LogP contribution >= 0.6 is 35.0 Å². The van der Waals surface area contributed by atoms with Crippen LogP contribution in [0.3, 0.4) is 0 Å². The average Bonchev–Trinajstić information content (AvgIpc) is 3.12. The molecule has 2 aliphatic heterocycles. The van der Waals surface area contributed by atoms with Crippen molar-refractivity contribution in [2.24, 2.45) is 10.1 Å². The van der Waals surface area contributed by atoms with Crippen LogP contribution < -0.4 is 0 Å². The molecule has 0 spiro atoms. The average molecular weight is 432 g/mol. The van der Waals surface area contributed by atoms with Gasteiger partial charge in [-0.1, -0.05) is 23.2 Å². The van der Waals surface area contributed by atoms with Gasteiger partial charge in [-0.3, -0.25) is 10.2 Å². The van der Waals surface area contributed by atoms with Gasteiger partial charge in [-0.05, 0) is 68.4 Å². The fourth-order valence-electron chi connectivity index (χ4n) is 3.21. The molecule has 0 aliphatic carbocycles. The van der Waals surface area contributed by atoms with Gasteiger partial charge in [-0.2, -0.15) is 15.1 Å². The van der Waals surface area contributed by atoms with Crippen LogP contribution in [0.4, 0.5) is 0 Å². The fraction of sp³-hybridized carbons (Fsp3) is 0.158. The Hall–Kier alpha value is -2.35. The van der Waals surface area contributed by atoms with Gasteiger partial charge in [0.25, 0.3) is 5.91 Å². The molecule has 142 valence electrons. The number of aromatic nitrogens is 1. The summed E-state index contributed by atoms with van der Waals surface area (Å²) in [6.07, 6.45) is 1.68. The van der Waals surface area contributed by atoms with E-state index in [2.05, 4.69) is 10.1 Å². The molecular weight excluding hydrogens is 417 g/mol. The highest BCUT2D eigenvalue weighted by Gasteiger charge is 2.34. The number of benzene rings is 1. The second-order valence-electron chi connectivity index (χ2n) is 6.40. The van der Waals surface area contributed by atoms with Crippen LogP contribution in [0.2, 0.25) is 10.0 Å². The topological polar surface area (TPSA) is 73.8 Å². The number of nitrogens with one attached hydrogen (secondary N) is 1. The van der Waals surface area contributed by atoms with Crippen molar-refractivity contribution in [3.8, 4) is 5.69 Å². The Bertz CT molecular complexity index is 1150. The SMILES string of the molecule is CC1=NN2C(=N)C(=Cc3cc(C)n(-c4ccc(Cl)cc4Cl)c3C)C(=O)N=C2S1. The number of amides is 1. The zero-order chi connectivity index (χ0) is 20.2. The lowest BCUT2D eigenvalue weighted by atomic mass is 10.1. The minimum absolute atomic E-state index is 0.0219. The summed E-state index contributed by atoms with van der Waals surface area (Å²) in [5.41, 5.74) is 3.64. The van der Waals surface area contributed by atoms with E-state index >= 15 is 0 Å². The second kappa shape index (κ2) is 6.92. The van der Waals surface area contributed by atoms with Crippen LogP contribution in [0.25, 0.3) is 11.8 Å². The summed E-state index contributed by atoms with van der Waals surface area (Å²) in [7, 11) is 0. The Labute approximate surface area is 176 Å². The van der Waals surface area contributed by atoms with Crippen molar-refractivity contribution in [3.63, 3.8) is 0 Å². The zero-order valence-corrected chi connectivity index (χ0v) is 17.6. The quantitative estimate of drug-likeness (QED) is 0.676. The molecule has 1 amide bonds. The first-order valence-electron chi connectivity index (χ1n) is 8.37. The number of aryl methyl sites for hydroxylation is 1. The molecule has 0 fully saturated rings. The van der Waals surface area contributed by atoms with Crippen LogP contribution in [0.1, 0.15) is 23.9 Å². The van der Waals surface area contributed by atoms with E-state index in [1.165, 1.54) is 16.8 Å². The molecule has 0 saturated carbocycles. The summed E-state index contributed by atoms with van der Waals surface area (Å²) in [6, 6.07) is 7.27. The maximum absolute atomic E-state index is 12.5. The summed E-state index contributed by atoms with van der Waals surface area (Å²) in [5.74, 6) is -0.420. The summed E-state index contributed by atoms with van der Waals surface area (Å²) in [6.45, 7) is 5.70. The molecule has 9 heteroatoms. The van der Waals surface area contributed by atoms with Crippen molar-refractivity contribution < 1.29 is 4.79 Å². The molecule has 28 heavy (non-hydrogen) atoms. The molecule has 1 aromatic heterocycles. The monoisotopic (exact) mass is 431 g/mol. The summed E-state index contributed by atoms with van der Waals surface area (Å²) in [4.78, 5) is 16.6. The zero-order valence-electron chi connectivity index (χ0n) is 15.2. The van der Waals surface area contributed by atoms with E-state index in [9.17, 15) is 4.79 Å². The lowest BCUT2D eigenvalue weighted by Gasteiger charge is -2.20. The number of nitrogens with zero attached hydrogens (tertiary/aromatic N) is 4. The van der Waals surface area contributed by atoms with E-state index in [0.717, 1.165) is 27.7 Å². The number of hydrogen-bond acceptors (Lipinski definition) is 4. The molecule has 4 rings (SSSR count). The first-order valence-corrected chi connectivity index (χ1v) is 9.94. The predicted molar refractivity (Wildman–Crippen MR) is 116 cm³/mol. The van der Waals surface area contributed by atoms with E-state index < -0.39 is 5.91 Å². The second-order valence-corrected chi connectivity index (χ2v) is 8.40. The molecule has 1 aromatic carbocycles. The molecule has 0 radical (unpaired) electrons. The number of thioether (sulfide) groups is 1. The molecule has 3 heterocycles. The lowest BCUT2D eigenvalue weighted by molar-refractivity contribution is -0.114. The molecule has 0 bridgehead atoms. The standard InChI is InChI=1S/C19H15Cl2N5OS/c1-9-6-12(10(2)25(9)16-5-4-13(20)8-15(16)21)7-14-17(22)26-19(23-18(14)27)28-11(3)24-26/h4-8,22H,1-3H3. The fourth-order valence-corrected chi connectivity index (χ4v) is 4.44. The molecule has 2 aliphatic rings. The first-order chi connectivity index (χ1) is 13.3. The van der Waals surface area contributed by atoms with E-state index in [0.29, 0.717) is 15.2 Å². The maximum Gasteiger partial charge on any atom is 0.283 e. The number of carbonyl (C=O) groups is 1. The predicted octanol–water partition coefficient (Wildman–Crippen LogP) is 5.04. The highest BCUT2D eigenvalue weighted by Crippen LogP contribution is 2.31. The number of aliphatic imine (C=N–C) groups is 1. The third-order valence-electron chi connectivity index (χ3n) is 4.48. The largest absolute Gasteiger partial charge is 0.316 e. The Morgan fingerprint density at radius 2 is 1.93 bits per heavy atom. The van der Waals surface area contributed by atoms with Gasteiger partial charge in [0.05, 0.1) is 21.3 Å². The van der Waals surface area contributed by atoms with Crippen LogP contribution in [0.5, 0.6) is 0 Å². The highest BCUT2D eigenvalue weighted by molar-refractivity contribution is 8.26. The van der Waals surface area contributed by atoms with E-state index in [4.69, 9.17) is 28.6 Å².